The van der Waals surface area contributed by atoms with Crippen molar-refractivity contribution >= 4 is 34.6 Å². The highest BCUT2D eigenvalue weighted by atomic mass is 32.1. The van der Waals surface area contributed by atoms with E-state index in [2.05, 4.69) is 27.3 Å². The molecule has 5 rings (SSSR count). The summed E-state index contributed by atoms with van der Waals surface area (Å²) in [4.78, 5) is 17.9. The van der Waals surface area contributed by atoms with E-state index in [9.17, 15) is 9.18 Å². The molecule has 2 N–H and O–H groups in total. The summed E-state index contributed by atoms with van der Waals surface area (Å²) in [5.74, 6) is 0.575. The summed E-state index contributed by atoms with van der Waals surface area (Å²) in [6.45, 7) is 3.72. The number of amides is 1. The van der Waals surface area contributed by atoms with Crippen molar-refractivity contribution in [3.05, 3.63) is 76.5 Å². The predicted molar refractivity (Wildman–Crippen MR) is 130 cm³/mol. The third kappa shape index (κ3) is 4.26. The average molecular weight is 462 g/mol. The van der Waals surface area contributed by atoms with Gasteiger partial charge in [0, 0.05) is 54.3 Å². The molecule has 0 fully saturated rings. The second-order valence-electron chi connectivity index (χ2n) is 8.33. The van der Waals surface area contributed by atoms with Crippen LogP contribution in [0.5, 0.6) is 0 Å². The van der Waals surface area contributed by atoms with Crippen LogP contribution in [0.1, 0.15) is 24.0 Å². The molecule has 1 amide bonds. The summed E-state index contributed by atoms with van der Waals surface area (Å²) in [7, 11) is 0. The third-order valence-electron chi connectivity index (χ3n) is 6.14. The summed E-state index contributed by atoms with van der Waals surface area (Å²) in [6, 6.07) is 12.8. The number of carbonyl (C=O) groups excluding carboxylic acids is 1. The van der Waals surface area contributed by atoms with Gasteiger partial charge in [0.05, 0.1) is 0 Å². The maximum absolute atomic E-state index is 13.5. The molecule has 33 heavy (non-hydrogen) atoms. The third-order valence-corrected chi connectivity index (χ3v) is 6.45. The molecule has 0 atom stereocenters. The first-order valence-corrected chi connectivity index (χ1v) is 11.4. The molecule has 6 nitrogen and oxygen atoms in total. The van der Waals surface area contributed by atoms with Crippen molar-refractivity contribution in [1.29, 1.82) is 0 Å². The highest BCUT2D eigenvalue weighted by Crippen LogP contribution is 2.30. The van der Waals surface area contributed by atoms with E-state index >= 15 is 0 Å². The van der Waals surface area contributed by atoms with Crippen molar-refractivity contribution in [3.63, 3.8) is 0 Å². The van der Waals surface area contributed by atoms with Crippen LogP contribution < -0.4 is 0 Å². The van der Waals surface area contributed by atoms with Gasteiger partial charge in [-0.25, -0.2) is 4.39 Å². The van der Waals surface area contributed by atoms with Gasteiger partial charge < -0.3 is 9.88 Å². The minimum Gasteiger partial charge on any atom is -0.360 e. The first kappa shape index (κ1) is 21.3. The number of aryl methyl sites for hydroxylation is 1. The number of H-pyrrole nitrogens is 2. The Labute approximate surface area is 195 Å². The topological polar surface area (TPSA) is 69.7 Å². The van der Waals surface area contributed by atoms with Crippen molar-refractivity contribution in [3.8, 4) is 11.4 Å². The van der Waals surface area contributed by atoms with Gasteiger partial charge in [0.1, 0.15) is 5.82 Å². The number of hydrogen-bond acceptors (Lipinski definition) is 3. The van der Waals surface area contributed by atoms with Gasteiger partial charge in [0.15, 0.2) is 10.6 Å². The Hall–Kier alpha value is -3.52. The van der Waals surface area contributed by atoms with Crippen LogP contribution in [0.3, 0.4) is 0 Å². The Morgan fingerprint density at radius 1 is 1.24 bits per heavy atom. The molecule has 2 aromatic heterocycles. The largest absolute Gasteiger partial charge is 0.360 e. The molecule has 0 radical (unpaired) electrons. The Morgan fingerprint density at radius 2 is 2.12 bits per heavy atom. The number of fused-ring (bicyclic) bond motifs is 1. The number of carbonyl (C=O) groups is 1. The van der Waals surface area contributed by atoms with Gasteiger partial charge in [-0.2, -0.15) is 5.10 Å². The molecule has 0 unspecified atom stereocenters. The second kappa shape index (κ2) is 8.78. The molecular weight excluding hydrogens is 437 g/mol. The lowest BCUT2D eigenvalue weighted by atomic mass is 9.98. The molecule has 0 aliphatic carbocycles. The lowest BCUT2D eigenvalue weighted by Crippen LogP contribution is -2.35. The maximum atomic E-state index is 13.5. The molecule has 168 valence electrons. The number of aromatic amines is 2. The minimum atomic E-state index is -0.256. The zero-order chi connectivity index (χ0) is 22.9. The first-order chi connectivity index (χ1) is 16.0. The van der Waals surface area contributed by atoms with Crippen LogP contribution in [0.2, 0.25) is 0 Å². The van der Waals surface area contributed by atoms with Gasteiger partial charge in [-0.05, 0) is 55.4 Å². The summed E-state index contributed by atoms with van der Waals surface area (Å²) in [5.41, 5.74) is 5.14. The number of hydrogen-bond donors (Lipinski definition) is 2. The van der Waals surface area contributed by atoms with E-state index in [1.807, 2.05) is 40.8 Å². The van der Waals surface area contributed by atoms with Gasteiger partial charge in [0.25, 0.3) is 0 Å². The molecule has 0 saturated carbocycles. The second-order valence-corrected chi connectivity index (χ2v) is 8.72. The van der Waals surface area contributed by atoms with Crippen LogP contribution in [0.15, 0.2) is 54.7 Å². The highest BCUT2D eigenvalue weighted by molar-refractivity contribution is 7.71. The molecule has 0 saturated heterocycles. The van der Waals surface area contributed by atoms with Gasteiger partial charge in [-0.15, -0.1) is 0 Å². The summed E-state index contributed by atoms with van der Waals surface area (Å²) >= 11 is 5.41. The number of nitrogens with one attached hydrogen (secondary N) is 2. The van der Waals surface area contributed by atoms with Gasteiger partial charge in [0.2, 0.25) is 5.91 Å². The van der Waals surface area contributed by atoms with Gasteiger partial charge in [-0.1, -0.05) is 29.8 Å². The SMILES string of the molecule is Cc1cccc(-c2n[nH]c(=S)n2CCC(=O)N2CC=C(c3c[nH]c4cc(F)ccc34)CC2)c1. The lowest BCUT2D eigenvalue weighted by Gasteiger charge is -2.26. The quantitative estimate of drug-likeness (QED) is 0.399. The molecule has 0 spiro atoms. The average Bonchev–Trinajstić information content (AvgIpc) is 3.40. The summed E-state index contributed by atoms with van der Waals surface area (Å²) in [5, 5.41) is 8.22. The van der Waals surface area contributed by atoms with Crippen molar-refractivity contribution in [2.45, 2.75) is 26.3 Å². The smallest absolute Gasteiger partial charge is 0.224 e. The van der Waals surface area contributed by atoms with Crippen LogP contribution in [0.25, 0.3) is 27.9 Å². The Kier molecular flexibility index (Phi) is 5.68. The highest BCUT2D eigenvalue weighted by Gasteiger charge is 2.20. The molecule has 4 aromatic rings. The summed E-state index contributed by atoms with van der Waals surface area (Å²) in [6.07, 6.45) is 5.12. The Morgan fingerprint density at radius 3 is 2.91 bits per heavy atom. The maximum Gasteiger partial charge on any atom is 0.224 e. The predicted octanol–water partition coefficient (Wildman–Crippen LogP) is 5.24. The fraction of sp³-hybridized carbons (Fsp3) is 0.240. The monoisotopic (exact) mass is 461 g/mol. The van der Waals surface area contributed by atoms with Crippen molar-refractivity contribution in [2.75, 3.05) is 13.1 Å². The Bertz CT molecular complexity index is 1430. The molecule has 1 aliphatic heterocycles. The van der Waals surface area contributed by atoms with Crippen molar-refractivity contribution in [2.24, 2.45) is 0 Å². The normalized spacial score (nSPS) is 14.0. The molecule has 3 heterocycles. The van der Waals surface area contributed by atoms with Gasteiger partial charge >= 0.3 is 0 Å². The standard InChI is InChI=1S/C25H24FN5OS/c1-16-3-2-4-18(13-16)24-28-29-25(33)31(24)12-9-23(32)30-10-7-17(8-11-30)21-15-27-22-14-19(26)5-6-20(21)22/h2-7,13-15,27H,8-12H2,1H3,(H,29,33). The van der Waals surface area contributed by atoms with E-state index in [4.69, 9.17) is 12.2 Å². The van der Waals surface area contributed by atoms with E-state index in [0.717, 1.165) is 39.8 Å². The number of rotatable bonds is 5. The van der Waals surface area contributed by atoms with E-state index in [1.165, 1.54) is 17.7 Å². The minimum absolute atomic E-state index is 0.0876. The van der Waals surface area contributed by atoms with Gasteiger partial charge in [-0.3, -0.25) is 14.5 Å². The zero-order valence-corrected chi connectivity index (χ0v) is 19.1. The fourth-order valence-corrected chi connectivity index (χ4v) is 4.62. The van der Waals surface area contributed by atoms with Crippen molar-refractivity contribution in [1.82, 2.24) is 24.6 Å². The van der Waals surface area contributed by atoms with Crippen LogP contribution in [0, 0.1) is 17.5 Å². The van der Waals surface area contributed by atoms with E-state index in [0.29, 0.717) is 30.8 Å². The van der Waals surface area contributed by atoms with Crippen molar-refractivity contribution < 1.29 is 9.18 Å². The van der Waals surface area contributed by atoms with E-state index in [-0.39, 0.29) is 11.7 Å². The molecule has 0 bridgehead atoms. The van der Waals surface area contributed by atoms with E-state index < -0.39 is 0 Å². The van der Waals surface area contributed by atoms with Crippen LogP contribution in [-0.4, -0.2) is 43.6 Å². The lowest BCUT2D eigenvalue weighted by molar-refractivity contribution is -0.131. The first-order valence-electron chi connectivity index (χ1n) is 11.0. The molecular formula is C25H24FN5OS. The molecule has 8 heteroatoms. The van der Waals surface area contributed by atoms with Crippen LogP contribution in [-0.2, 0) is 11.3 Å². The molecule has 1 aliphatic rings. The Balaban J connectivity index is 1.26. The van der Waals surface area contributed by atoms with E-state index in [1.54, 1.807) is 6.07 Å². The fourth-order valence-electron chi connectivity index (χ4n) is 4.40. The number of nitrogens with zero attached hydrogens (tertiary/aromatic N) is 3. The zero-order valence-electron chi connectivity index (χ0n) is 18.3. The summed E-state index contributed by atoms with van der Waals surface area (Å²) < 4.78 is 15.9. The molecule has 2 aromatic carbocycles. The number of halogens is 1. The number of benzene rings is 2. The van der Waals surface area contributed by atoms with Crippen LogP contribution in [0.4, 0.5) is 4.39 Å². The number of aromatic nitrogens is 4. The van der Waals surface area contributed by atoms with Crippen LogP contribution >= 0.6 is 12.2 Å².